The molecule has 2 aromatic carbocycles. The van der Waals surface area contributed by atoms with Gasteiger partial charge in [-0.3, -0.25) is 15.6 Å². The van der Waals surface area contributed by atoms with Gasteiger partial charge in [0.2, 0.25) is 0 Å². The van der Waals surface area contributed by atoms with Crippen molar-refractivity contribution in [1.82, 2.24) is 10.9 Å². The Morgan fingerprint density at radius 2 is 1.80 bits per heavy atom. The lowest BCUT2D eigenvalue weighted by molar-refractivity contribution is -0.123. The first-order chi connectivity index (χ1) is 12.0. The normalized spacial score (nSPS) is 10.5. The first-order valence-corrected chi connectivity index (χ1v) is 9.09. The van der Waals surface area contributed by atoms with Crippen LogP contribution < -0.4 is 15.6 Å². The van der Waals surface area contributed by atoms with E-state index in [9.17, 15) is 4.79 Å². The zero-order valence-electron chi connectivity index (χ0n) is 13.7. The summed E-state index contributed by atoms with van der Waals surface area (Å²) in [5, 5.41) is 0. The highest BCUT2D eigenvalue weighted by molar-refractivity contribution is 9.11. The van der Waals surface area contributed by atoms with Gasteiger partial charge in [-0.25, -0.2) is 0 Å². The van der Waals surface area contributed by atoms with Crippen molar-refractivity contribution in [1.29, 1.82) is 0 Å². The van der Waals surface area contributed by atoms with Gasteiger partial charge in [0.25, 0.3) is 5.91 Å². The summed E-state index contributed by atoms with van der Waals surface area (Å²) >= 11 is 6.85. The van der Waals surface area contributed by atoms with E-state index in [-0.39, 0.29) is 12.5 Å². The van der Waals surface area contributed by atoms with Gasteiger partial charge in [-0.1, -0.05) is 43.0 Å². The third-order valence-corrected chi connectivity index (χ3v) is 4.31. The van der Waals surface area contributed by atoms with Crippen molar-refractivity contribution in [3.63, 3.8) is 0 Å². The number of hydrogen-bond acceptors (Lipinski definition) is 3. The van der Waals surface area contributed by atoms with Crippen molar-refractivity contribution in [3.8, 4) is 5.75 Å². The summed E-state index contributed by atoms with van der Waals surface area (Å²) < 4.78 is 7.13. The van der Waals surface area contributed by atoms with E-state index < -0.39 is 0 Å². The Morgan fingerprint density at radius 1 is 1.16 bits per heavy atom. The van der Waals surface area contributed by atoms with Crippen LogP contribution in [0.4, 0.5) is 0 Å². The number of ether oxygens (including phenoxy) is 1. The van der Waals surface area contributed by atoms with Crippen molar-refractivity contribution < 1.29 is 9.53 Å². The molecule has 0 aliphatic carbocycles. The molecule has 0 bridgehead atoms. The SMILES string of the molecule is C=C(C=Cc1ccccc1)NNC(=O)COc1c(Br)cc(C)cc1Br. The lowest BCUT2D eigenvalue weighted by Gasteiger charge is -2.12. The first kappa shape index (κ1) is 19.3. The topological polar surface area (TPSA) is 50.4 Å². The van der Waals surface area contributed by atoms with Crippen molar-refractivity contribution in [3.05, 3.63) is 80.9 Å². The summed E-state index contributed by atoms with van der Waals surface area (Å²) in [5.41, 5.74) is 7.98. The monoisotopic (exact) mass is 464 g/mol. The van der Waals surface area contributed by atoms with Crippen LogP contribution in [0.2, 0.25) is 0 Å². The highest BCUT2D eigenvalue weighted by Gasteiger charge is 2.10. The summed E-state index contributed by atoms with van der Waals surface area (Å²) in [4.78, 5) is 11.9. The van der Waals surface area contributed by atoms with Gasteiger partial charge in [0.15, 0.2) is 6.61 Å². The number of hydrogen-bond donors (Lipinski definition) is 2. The minimum absolute atomic E-state index is 0.122. The minimum atomic E-state index is -0.311. The molecule has 0 saturated heterocycles. The molecule has 1 amide bonds. The standard InChI is InChI=1S/C19H18Br2N2O2/c1-13-10-16(20)19(17(21)11-13)25-12-18(24)23-22-14(2)8-9-15-6-4-3-5-7-15/h3-11,22H,2,12H2,1H3,(H,23,24). The number of halogens is 2. The van der Waals surface area contributed by atoms with Crippen molar-refractivity contribution in [2.75, 3.05) is 6.61 Å². The van der Waals surface area contributed by atoms with Crippen LogP contribution in [0.5, 0.6) is 5.75 Å². The Balaban J connectivity index is 1.79. The predicted molar refractivity (Wildman–Crippen MR) is 108 cm³/mol. The van der Waals surface area contributed by atoms with Gasteiger partial charge >= 0.3 is 0 Å². The lowest BCUT2D eigenvalue weighted by atomic mass is 10.2. The second kappa shape index (κ2) is 9.44. The quantitative estimate of drug-likeness (QED) is 0.458. The van der Waals surface area contributed by atoms with E-state index in [1.807, 2.05) is 55.5 Å². The molecule has 2 rings (SSSR count). The molecule has 0 aromatic heterocycles. The number of rotatable bonds is 7. The van der Waals surface area contributed by atoms with E-state index in [1.165, 1.54) is 0 Å². The van der Waals surface area contributed by atoms with Crippen LogP contribution >= 0.6 is 31.9 Å². The van der Waals surface area contributed by atoms with Crippen LogP contribution in [0, 0.1) is 6.92 Å². The Kier molecular flexibility index (Phi) is 7.28. The largest absolute Gasteiger partial charge is 0.481 e. The summed E-state index contributed by atoms with van der Waals surface area (Å²) in [7, 11) is 0. The third-order valence-electron chi connectivity index (χ3n) is 3.13. The number of nitrogens with one attached hydrogen (secondary N) is 2. The van der Waals surface area contributed by atoms with Gasteiger partial charge in [0.1, 0.15) is 5.75 Å². The van der Waals surface area contributed by atoms with E-state index in [4.69, 9.17) is 4.74 Å². The predicted octanol–water partition coefficient (Wildman–Crippen LogP) is 4.75. The summed E-state index contributed by atoms with van der Waals surface area (Å²) in [6.45, 7) is 5.68. The molecule has 25 heavy (non-hydrogen) atoms. The fourth-order valence-corrected chi connectivity index (χ4v) is 3.60. The molecule has 0 heterocycles. The summed E-state index contributed by atoms with van der Waals surface area (Å²) in [5.74, 6) is 0.275. The zero-order chi connectivity index (χ0) is 18.2. The van der Waals surface area contributed by atoms with Crippen LogP contribution in [0.3, 0.4) is 0 Å². The number of benzene rings is 2. The highest BCUT2D eigenvalue weighted by Crippen LogP contribution is 2.34. The average Bonchev–Trinajstić information content (AvgIpc) is 2.58. The molecular formula is C19H18Br2N2O2. The molecular weight excluding hydrogens is 448 g/mol. The Morgan fingerprint density at radius 3 is 2.44 bits per heavy atom. The van der Waals surface area contributed by atoms with Crippen LogP contribution in [-0.4, -0.2) is 12.5 Å². The van der Waals surface area contributed by atoms with E-state index in [1.54, 1.807) is 6.08 Å². The van der Waals surface area contributed by atoms with E-state index >= 15 is 0 Å². The second-order valence-corrected chi connectivity index (χ2v) is 7.00. The maximum absolute atomic E-state index is 11.9. The molecule has 2 aromatic rings. The molecule has 6 heteroatoms. The van der Waals surface area contributed by atoms with Crippen molar-refractivity contribution in [2.24, 2.45) is 0 Å². The molecule has 0 spiro atoms. The van der Waals surface area contributed by atoms with Crippen LogP contribution in [0.25, 0.3) is 6.08 Å². The molecule has 0 aliphatic rings. The number of aryl methyl sites for hydroxylation is 1. The molecule has 130 valence electrons. The van der Waals surface area contributed by atoms with Crippen LogP contribution in [-0.2, 0) is 4.79 Å². The van der Waals surface area contributed by atoms with Gasteiger partial charge in [0, 0.05) is 5.70 Å². The Hall–Kier alpha value is -2.05. The molecule has 2 N–H and O–H groups in total. The Labute approximate surface area is 164 Å². The zero-order valence-corrected chi connectivity index (χ0v) is 16.9. The van der Waals surface area contributed by atoms with Crippen LogP contribution in [0.15, 0.2) is 69.8 Å². The lowest BCUT2D eigenvalue weighted by Crippen LogP contribution is -2.39. The Bertz CT molecular complexity index is 766. The molecule has 0 aliphatic heterocycles. The van der Waals surface area contributed by atoms with E-state index in [2.05, 4.69) is 49.3 Å². The maximum Gasteiger partial charge on any atom is 0.276 e. The molecule has 4 nitrogen and oxygen atoms in total. The molecule has 0 fully saturated rings. The van der Waals surface area contributed by atoms with Gasteiger partial charge in [-0.2, -0.15) is 0 Å². The van der Waals surface area contributed by atoms with E-state index in [0.29, 0.717) is 11.4 Å². The van der Waals surface area contributed by atoms with E-state index in [0.717, 1.165) is 20.1 Å². The number of allylic oxidation sites excluding steroid dienone is 1. The minimum Gasteiger partial charge on any atom is -0.481 e. The maximum atomic E-state index is 11.9. The number of hydrazine groups is 1. The molecule has 0 atom stereocenters. The second-order valence-electron chi connectivity index (χ2n) is 5.29. The average molecular weight is 466 g/mol. The van der Waals surface area contributed by atoms with Gasteiger partial charge in [0.05, 0.1) is 8.95 Å². The first-order valence-electron chi connectivity index (χ1n) is 7.51. The number of carbonyl (C=O) groups excluding carboxylic acids is 1. The fourth-order valence-electron chi connectivity index (χ4n) is 1.95. The molecule has 0 radical (unpaired) electrons. The van der Waals surface area contributed by atoms with Gasteiger partial charge < -0.3 is 4.74 Å². The highest BCUT2D eigenvalue weighted by atomic mass is 79.9. The smallest absolute Gasteiger partial charge is 0.276 e. The number of carbonyl (C=O) groups is 1. The summed E-state index contributed by atoms with van der Waals surface area (Å²) in [6, 6.07) is 13.7. The van der Waals surface area contributed by atoms with Crippen molar-refractivity contribution >= 4 is 43.8 Å². The molecule has 0 unspecified atom stereocenters. The summed E-state index contributed by atoms with van der Waals surface area (Å²) in [6.07, 6.45) is 3.68. The number of amides is 1. The fraction of sp³-hybridized carbons (Fsp3) is 0.105. The van der Waals surface area contributed by atoms with Gasteiger partial charge in [-0.15, -0.1) is 0 Å². The van der Waals surface area contributed by atoms with Crippen molar-refractivity contribution in [2.45, 2.75) is 6.92 Å². The third kappa shape index (κ3) is 6.40. The molecule has 0 saturated carbocycles. The van der Waals surface area contributed by atoms with Gasteiger partial charge in [-0.05, 0) is 68.1 Å². The van der Waals surface area contributed by atoms with Crippen LogP contribution in [0.1, 0.15) is 11.1 Å².